The highest BCUT2D eigenvalue weighted by molar-refractivity contribution is 6.33. The van der Waals surface area contributed by atoms with Crippen LogP contribution < -0.4 is 16.0 Å². The molecule has 0 aliphatic carbocycles. The van der Waals surface area contributed by atoms with Gasteiger partial charge in [-0.2, -0.15) is 0 Å². The van der Waals surface area contributed by atoms with E-state index in [9.17, 15) is 9.59 Å². The standard InChI is InChI=1S/C30H35Cl2N7O3/c1-5-33-26-13-22(24(31)14-34-26)16(2)36-28(40)18(4)39-17(3)21-7-6-19(12-23(21)29(39)41)27-25(32)15-35-30(38-27)37-20-8-10-42-11-9-20/h6-7,12-18,20H,5,8-11H2,1-4H3,(H,33,34)(H,36,40)(H,35,37,38)/t16-,17-,18+/m1/s1. The summed E-state index contributed by atoms with van der Waals surface area (Å²) >= 11 is 12.9. The smallest absolute Gasteiger partial charge is 0.255 e. The summed E-state index contributed by atoms with van der Waals surface area (Å²) in [6.45, 7) is 9.59. The molecule has 0 bridgehead atoms. The van der Waals surface area contributed by atoms with Gasteiger partial charge in [-0.25, -0.2) is 15.0 Å². The minimum atomic E-state index is -0.724. The van der Waals surface area contributed by atoms with Gasteiger partial charge in [-0.15, -0.1) is 0 Å². The fourth-order valence-electron chi connectivity index (χ4n) is 5.49. The molecule has 12 heteroatoms. The van der Waals surface area contributed by atoms with Crippen molar-refractivity contribution in [1.29, 1.82) is 0 Å². The minimum Gasteiger partial charge on any atom is -0.381 e. The summed E-state index contributed by atoms with van der Waals surface area (Å²) in [5.41, 5.74) is 3.34. The molecule has 2 aromatic heterocycles. The zero-order chi connectivity index (χ0) is 30.0. The highest BCUT2D eigenvalue weighted by atomic mass is 35.5. The highest BCUT2D eigenvalue weighted by Gasteiger charge is 2.39. The average Bonchev–Trinajstić information content (AvgIpc) is 3.23. The first-order chi connectivity index (χ1) is 20.2. The van der Waals surface area contributed by atoms with Crippen molar-refractivity contribution in [3.63, 3.8) is 0 Å². The lowest BCUT2D eigenvalue weighted by Crippen LogP contribution is -2.46. The summed E-state index contributed by atoms with van der Waals surface area (Å²) in [4.78, 5) is 42.0. The van der Waals surface area contributed by atoms with Crippen LogP contribution in [0.5, 0.6) is 0 Å². The summed E-state index contributed by atoms with van der Waals surface area (Å²) in [6.07, 6.45) is 4.88. The number of ether oxygens (including phenoxy) is 1. The molecular formula is C30H35Cl2N7O3. The number of nitrogens with zero attached hydrogens (tertiary/aromatic N) is 4. The Bertz CT molecular complexity index is 1480. The molecule has 42 heavy (non-hydrogen) atoms. The molecule has 3 atom stereocenters. The van der Waals surface area contributed by atoms with Crippen molar-refractivity contribution in [3.05, 3.63) is 63.4 Å². The molecule has 0 saturated carbocycles. The third kappa shape index (κ3) is 6.16. The Morgan fingerprint density at radius 1 is 1.12 bits per heavy atom. The number of benzene rings is 1. The molecule has 4 heterocycles. The molecule has 2 aliphatic rings. The normalized spacial score (nSPS) is 18.4. The van der Waals surface area contributed by atoms with Gasteiger partial charge in [0.15, 0.2) is 0 Å². The molecule has 5 rings (SSSR count). The Morgan fingerprint density at radius 3 is 2.60 bits per heavy atom. The van der Waals surface area contributed by atoms with Gasteiger partial charge in [-0.3, -0.25) is 9.59 Å². The Morgan fingerprint density at radius 2 is 1.86 bits per heavy atom. The number of hydrogen-bond donors (Lipinski definition) is 3. The maximum Gasteiger partial charge on any atom is 0.255 e. The van der Waals surface area contributed by atoms with Crippen LogP contribution in [-0.2, 0) is 9.53 Å². The Balaban J connectivity index is 1.33. The van der Waals surface area contributed by atoms with Crippen molar-refractivity contribution in [2.24, 2.45) is 0 Å². The van der Waals surface area contributed by atoms with Crippen LogP contribution in [0.1, 0.15) is 74.1 Å². The number of carbonyl (C=O) groups is 2. The molecule has 2 amide bonds. The third-order valence-corrected chi connectivity index (χ3v) is 8.41. The lowest BCUT2D eigenvalue weighted by atomic mass is 10.0. The fourth-order valence-corrected chi connectivity index (χ4v) is 5.96. The summed E-state index contributed by atoms with van der Waals surface area (Å²) in [5, 5.41) is 10.4. The van der Waals surface area contributed by atoms with Gasteiger partial charge < -0.3 is 25.6 Å². The number of anilines is 2. The van der Waals surface area contributed by atoms with E-state index in [-0.39, 0.29) is 23.9 Å². The first-order valence-corrected chi connectivity index (χ1v) is 15.0. The molecule has 222 valence electrons. The van der Waals surface area contributed by atoms with Crippen LogP contribution in [0.2, 0.25) is 10.0 Å². The lowest BCUT2D eigenvalue weighted by Gasteiger charge is -2.29. The number of pyridine rings is 1. The van der Waals surface area contributed by atoms with Gasteiger partial charge in [-0.05, 0) is 63.8 Å². The van der Waals surface area contributed by atoms with Gasteiger partial charge in [0.05, 0.1) is 34.0 Å². The highest BCUT2D eigenvalue weighted by Crippen LogP contribution is 2.38. The molecule has 1 saturated heterocycles. The molecule has 0 radical (unpaired) electrons. The Kier molecular flexibility index (Phi) is 9.15. The van der Waals surface area contributed by atoms with Gasteiger partial charge in [-0.1, -0.05) is 35.3 Å². The van der Waals surface area contributed by atoms with Crippen molar-refractivity contribution in [2.45, 2.75) is 64.7 Å². The molecular weight excluding hydrogens is 577 g/mol. The van der Waals surface area contributed by atoms with Crippen LogP contribution in [-0.4, -0.2) is 63.5 Å². The van der Waals surface area contributed by atoms with Crippen molar-refractivity contribution in [3.8, 4) is 11.3 Å². The van der Waals surface area contributed by atoms with Crippen molar-refractivity contribution in [1.82, 2.24) is 25.2 Å². The summed E-state index contributed by atoms with van der Waals surface area (Å²) in [7, 11) is 0. The second-order valence-corrected chi connectivity index (χ2v) is 11.5. The summed E-state index contributed by atoms with van der Waals surface area (Å²) in [6, 6.07) is 6.24. The molecule has 0 unspecified atom stereocenters. The first-order valence-electron chi connectivity index (χ1n) is 14.2. The van der Waals surface area contributed by atoms with Gasteiger partial charge in [0.1, 0.15) is 11.9 Å². The van der Waals surface area contributed by atoms with Gasteiger partial charge in [0, 0.05) is 43.1 Å². The zero-order valence-corrected chi connectivity index (χ0v) is 25.6. The largest absolute Gasteiger partial charge is 0.381 e. The molecule has 0 spiro atoms. The second-order valence-electron chi connectivity index (χ2n) is 10.6. The first kappa shape index (κ1) is 30.0. The molecule has 1 fully saturated rings. The predicted molar refractivity (Wildman–Crippen MR) is 164 cm³/mol. The van der Waals surface area contributed by atoms with Crippen molar-refractivity contribution in [2.75, 3.05) is 30.4 Å². The molecule has 1 aromatic carbocycles. The number of rotatable bonds is 9. The number of halogens is 2. The van der Waals surface area contributed by atoms with Gasteiger partial charge in [0.25, 0.3) is 5.91 Å². The van der Waals surface area contributed by atoms with E-state index < -0.39 is 12.1 Å². The van der Waals surface area contributed by atoms with Crippen LogP contribution >= 0.6 is 23.2 Å². The van der Waals surface area contributed by atoms with Crippen LogP contribution in [0.3, 0.4) is 0 Å². The van der Waals surface area contributed by atoms with E-state index in [2.05, 4.69) is 30.9 Å². The van der Waals surface area contributed by atoms with E-state index in [1.165, 1.54) is 0 Å². The number of amides is 2. The van der Waals surface area contributed by atoms with E-state index in [1.54, 1.807) is 30.3 Å². The number of aromatic nitrogens is 3. The molecule has 3 aromatic rings. The number of carbonyl (C=O) groups excluding carboxylic acids is 2. The SMILES string of the molecule is CCNc1cc([C@@H](C)NC(=O)[C@H](C)N2C(=O)c3cc(-c4nc(NC5CCOCC5)ncc4Cl)ccc3[C@H]2C)c(Cl)cn1. The predicted octanol–water partition coefficient (Wildman–Crippen LogP) is 5.65. The molecule has 3 N–H and O–H groups in total. The van der Waals surface area contributed by atoms with Gasteiger partial charge in [0.2, 0.25) is 11.9 Å². The van der Waals surface area contributed by atoms with Crippen molar-refractivity contribution < 1.29 is 14.3 Å². The number of nitrogens with one attached hydrogen (secondary N) is 3. The number of fused-ring (bicyclic) bond motifs is 1. The van der Waals surface area contributed by atoms with E-state index in [4.69, 9.17) is 27.9 Å². The van der Waals surface area contributed by atoms with E-state index >= 15 is 0 Å². The zero-order valence-electron chi connectivity index (χ0n) is 24.1. The van der Waals surface area contributed by atoms with Gasteiger partial charge >= 0.3 is 0 Å². The minimum absolute atomic E-state index is 0.225. The monoisotopic (exact) mass is 611 g/mol. The van der Waals surface area contributed by atoms with Crippen molar-refractivity contribution >= 4 is 46.8 Å². The Hall–Kier alpha value is -3.47. The average molecular weight is 613 g/mol. The van der Waals surface area contributed by atoms with Crippen LogP contribution in [0.4, 0.5) is 11.8 Å². The third-order valence-electron chi connectivity index (χ3n) is 7.82. The Labute approximate surface area is 255 Å². The van der Waals surface area contributed by atoms with E-state index in [1.807, 2.05) is 39.0 Å². The van der Waals surface area contributed by atoms with E-state index in [0.29, 0.717) is 58.4 Å². The fraction of sp³-hybridized carbons (Fsp3) is 0.433. The lowest BCUT2D eigenvalue weighted by molar-refractivity contribution is -0.126. The molecule has 10 nitrogen and oxygen atoms in total. The maximum atomic E-state index is 13.7. The summed E-state index contributed by atoms with van der Waals surface area (Å²) in [5.74, 6) is 0.651. The quantitative estimate of drug-likeness (QED) is 0.284. The van der Waals surface area contributed by atoms with Crippen LogP contribution in [0.15, 0.2) is 36.7 Å². The van der Waals surface area contributed by atoms with E-state index in [0.717, 1.165) is 24.0 Å². The number of hydrogen-bond acceptors (Lipinski definition) is 8. The second kappa shape index (κ2) is 12.8. The maximum absolute atomic E-state index is 13.7. The van der Waals surface area contributed by atoms with Crippen LogP contribution in [0.25, 0.3) is 11.3 Å². The topological polar surface area (TPSA) is 121 Å². The molecule has 2 aliphatic heterocycles. The van der Waals surface area contributed by atoms with Crippen LogP contribution in [0, 0.1) is 0 Å². The summed E-state index contributed by atoms with van der Waals surface area (Å²) < 4.78 is 5.43.